The minimum Gasteiger partial charge on any atom is -0.194 e. The van der Waals surface area contributed by atoms with Crippen molar-refractivity contribution in [3.05, 3.63) is 53.6 Å². The summed E-state index contributed by atoms with van der Waals surface area (Å²) in [6, 6.07) is 8.75. The predicted molar refractivity (Wildman–Crippen MR) is 58.0 cm³/mol. The summed E-state index contributed by atoms with van der Waals surface area (Å²) < 4.78 is 53.4. The molecule has 18 heavy (non-hydrogen) atoms. The van der Waals surface area contributed by atoms with Gasteiger partial charge in [-0.15, -0.1) is 0 Å². The SMILES string of the molecule is N#CC=CC1=C(c2ccccc2)C(F)(F)C1(F)F. The predicted octanol–water partition coefficient (Wildman–Crippen LogP) is 3.80. The Morgan fingerprint density at radius 3 is 2.17 bits per heavy atom. The summed E-state index contributed by atoms with van der Waals surface area (Å²) in [5, 5.41) is 8.30. The fourth-order valence-electron chi connectivity index (χ4n) is 1.84. The van der Waals surface area contributed by atoms with E-state index in [1.54, 1.807) is 6.07 Å². The molecule has 92 valence electrons. The van der Waals surface area contributed by atoms with Gasteiger partial charge in [-0.1, -0.05) is 30.3 Å². The van der Waals surface area contributed by atoms with Gasteiger partial charge in [-0.3, -0.25) is 0 Å². The van der Waals surface area contributed by atoms with Crippen LogP contribution in [-0.2, 0) is 0 Å². The van der Waals surface area contributed by atoms with Gasteiger partial charge in [0.05, 0.1) is 6.07 Å². The lowest BCUT2D eigenvalue weighted by atomic mass is 9.76. The van der Waals surface area contributed by atoms with E-state index in [-0.39, 0.29) is 5.56 Å². The highest BCUT2D eigenvalue weighted by Gasteiger charge is 2.70. The van der Waals surface area contributed by atoms with Crippen LogP contribution in [0.2, 0.25) is 0 Å². The van der Waals surface area contributed by atoms with Crippen LogP contribution in [0.1, 0.15) is 5.56 Å². The average molecular weight is 253 g/mol. The van der Waals surface area contributed by atoms with Crippen molar-refractivity contribution >= 4 is 5.57 Å². The first-order valence-electron chi connectivity index (χ1n) is 5.05. The highest BCUT2D eigenvalue weighted by molar-refractivity contribution is 5.85. The average Bonchev–Trinajstić information content (AvgIpc) is 2.34. The Morgan fingerprint density at radius 1 is 1.00 bits per heavy atom. The van der Waals surface area contributed by atoms with Gasteiger partial charge in [0, 0.05) is 17.2 Å². The summed E-state index contributed by atoms with van der Waals surface area (Å²) in [6.45, 7) is 0. The number of nitriles is 1. The van der Waals surface area contributed by atoms with E-state index in [0.717, 1.165) is 12.2 Å². The van der Waals surface area contributed by atoms with Crippen molar-refractivity contribution in [1.29, 1.82) is 5.26 Å². The zero-order valence-electron chi connectivity index (χ0n) is 9.00. The number of nitrogens with zero attached hydrogens (tertiary/aromatic N) is 1. The zero-order valence-corrected chi connectivity index (χ0v) is 9.00. The van der Waals surface area contributed by atoms with Gasteiger partial charge in [-0.05, 0) is 11.6 Å². The normalized spacial score (nSPS) is 20.6. The molecule has 0 spiro atoms. The standard InChI is InChI=1S/C13H7F4N/c14-12(15)10(7-4-8-18)11(13(12,16)17)9-5-2-1-3-6-9/h1-7H. The van der Waals surface area contributed by atoms with Gasteiger partial charge in [-0.2, -0.15) is 22.8 Å². The number of allylic oxidation sites excluding steroid dienone is 4. The maximum Gasteiger partial charge on any atom is 0.340 e. The molecule has 2 rings (SSSR count). The fraction of sp³-hybridized carbons (Fsp3) is 0.154. The van der Waals surface area contributed by atoms with Gasteiger partial charge >= 0.3 is 11.8 Å². The Labute approximate surface area is 101 Å². The quantitative estimate of drug-likeness (QED) is 0.581. The summed E-state index contributed by atoms with van der Waals surface area (Å²) in [6.07, 6.45) is 1.50. The first kappa shape index (κ1) is 12.4. The van der Waals surface area contributed by atoms with E-state index in [9.17, 15) is 17.6 Å². The number of rotatable bonds is 2. The minimum absolute atomic E-state index is 0.0333. The number of hydrogen-bond donors (Lipinski definition) is 0. The molecule has 0 bridgehead atoms. The van der Waals surface area contributed by atoms with Crippen LogP contribution in [0.3, 0.4) is 0 Å². The second kappa shape index (κ2) is 3.98. The summed E-state index contributed by atoms with van der Waals surface area (Å²) in [7, 11) is 0. The van der Waals surface area contributed by atoms with E-state index in [0.29, 0.717) is 0 Å². The molecular weight excluding hydrogens is 246 g/mol. The largest absolute Gasteiger partial charge is 0.340 e. The maximum absolute atomic E-state index is 13.4. The number of benzene rings is 1. The lowest BCUT2D eigenvalue weighted by Gasteiger charge is -2.40. The Hall–Kier alpha value is -2.09. The maximum atomic E-state index is 13.4. The molecule has 0 amide bonds. The van der Waals surface area contributed by atoms with Crippen LogP contribution in [-0.4, -0.2) is 11.8 Å². The molecule has 0 saturated heterocycles. The van der Waals surface area contributed by atoms with Crippen LogP contribution in [0.25, 0.3) is 5.57 Å². The van der Waals surface area contributed by atoms with Crippen molar-refractivity contribution < 1.29 is 17.6 Å². The second-order valence-electron chi connectivity index (χ2n) is 3.77. The lowest BCUT2D eigenvalue weighted by molar-refractivity contribution is -0.166. The molecule has 1 aromatic carbocycles. The van der Waals surface area contributed by atoms with Crippen molar-refractivity contribution in [2.24, 2.45) is 0 Å². The number of halogens is 4. The molecule has 0 saturated carbocycles. The van der Waals surface area contributed by atoms with Crippen LogP contribution in [0.15, 0.2) is 48.1 Å². The van der Waals surface area contributed by atoms with Crippen LogP contribution in [0, 0.1) is 11.3 Å². The Balaban J connectivity index is 2.60. The zero-order chi connectivity index (χ0) is 13.4. The molecule has 0 N–H and O–H groups in total. The van der Waals surface area contributed by atoms with Crippen LogP contribution in [0.5, 0.6) is 0 Å². The Bertz CT molecular complexity index is 564. The third-order valence-electron chi connectivity index (χ3n) is 2.70. The van der Waals surface area contributed by atoms with Gasteiger partial charge in [0.2, 0.25) is 0 Å². The molecular formula is C13H7F4N. The third-order valence-corrected chi connectivity index (χ3v) is 2.70. The van der Waals surface area contributed by atoms with Crippen molar-refractivity contribution in [2.75, 3.05) is 0 Å². The summed E-state index contributed by atoms with van der Waals surface area (Å²) in [5.41, 5.74) is -1.49. The molecule has 0 radical (unpaired) electrons. The summed E-state index contributed by atoms with van der Waals surface area (Å²) in [5.74, 6) is -8.44. The summed E-state index contributed by atoms with van der Waals surface area (Å²) >= 11 is 0. The van der Waals surface area contributed by atoms with Gasteiger partial charge in [0.15, 0.2) is 0 Å². The molecule has 1 aliphatic carbocycles. The van der Waals surface area contributed by atoms with Crippen LogP contribution >= 0.6 is 0 Å². The van der Waals surface area contributed by atoms with E-state index >= 15 is 0 Å². The van der Waals surface area contributed by atoms with Gasteiger partial charge in [0.25, 0.3) is 0 Å². The summed E-state index contributed by atoms with van der Waals surface area (Å²) in [4.78, 5) is 0. The highest BCUT2D eigenvalue weighted by atomic mass is 19.3. The first-order valence-corrected chi connectivity index (χ1v) is 5.05. The molecule has 0 unspecified atom stereocenters. The molecule has 0 heterocycles. The monoisotopic (exact) mass is 253 g/mol. The molecule has 1 aliphatic rings. The van der Waals surface area contributed by atoms with Gasteiger partial charge in [-0.25, -0.2) is 0 Å². The van der Waals surface area contributed by atoms with Crippen LogP contribution in [0.4, 0.5) is 17.6 Å². The molecule has 0 aliphatic heterocycles. The molecule has 1 nitrogen and oxygen atoms in total. The highest BCUT2D eigenvalue weighted by Crippen LogP contribution is 2.59. The minimum atomic E-state index is -4.23. The van der Waals surface area contributed by atoms with Crippen molar-refractivity contribution in [2.45, 2.75) is 11.8 Å². The second-order valence-corrected chi connectivity index (χ2v) is 3.77. The van der Waals surface area contributed by atoms with Crippen molar-refractivity contribution in [3.63, 3.8) is 0 Å². The van der Waals surface area contributed by atoms with E-state index in [2.05, 4.69) is 0 Å². The smallest absolute Gasteiger partial charge is 0.194 e. The first-order chi connectivity index (χ1) is 8.43. The lowest BCUT2D eigenvalue weighted by Crippen LogP contribution is -2.52. The fourth-order valence-corrected chi connectivity index (χ4v) is 1.84. The Kier molecular flexibility index (Phi) is 2.74. The Morgan fingerprint density at radius 2 is 1.61 bits per heavy atom. The molecule has 5 heteroatoms. The van der Waals surface area contributed by atoms with Crippen molar-refractivity contribution in [1.82, 2.24) is 0 Å². The number of alkyl halides is 4. The van der Waals surface area contributed by atoms with E-state index in [4.69, 9.17) is 5.26 Å². The molecule has 0 fully saturated rings. The topological polar surface area (TPSA) is 23.8 Å². The van der Waals surface area contributed by atoms with Crippen molar-refractivity contribution in [3.8, 4) is 6.07 Å². The third kappa shape index (κ3) is 1.53. The molecule has 0 aromatic heterocycles. The molecule has 0 atom stereocenters. The van der Waals surface area contributed by atoms with E-state index in [1.807, 2.05) is 0 Å². The molecule has 1 aromatic rings. The van der Waals surface area contributed by atoms with Crippen LogP contribution < -0.4 is 0 Å². The van der Waals surface area contributed by atoms with E-state index < -0.39 is 23.0 Å². The number of hydrogen-bond acceptors (Lipinski definition) is 1. The van der Waals surface area contributed by atoms with Gasteiger partial charge < -0.3 is 0 Å². The van der Waals surface area contributed by atoms with E-state index in [1.165, 1.54) is 30.3 Å². The van der Waals surface area contributed by atoms with Gasteiger partial charge in [0.1, 0.15) is 0 Å².